The Hall–Kier alpha value is -0.120. The number of hydrogen-bond acceptors (Lipinski definition) is 3. The van der Waals surface area contributed by atoms with E-state index < -0.39 is 0 Å². The van der Waals surface area contributed by atoms with Crippen molar-refractivity contribution in [1.82, 2.24) is 10.2 Å². The Morgan fingerprint density at radius 3 is 2.87 bits per heavy atom. The smallest absolute Gasteiger partial charge is 0.0593 e. The van der Waals surface area contributed by atoms with Gasteiger partial charge in [0.2, 0.25) is 0 Å². The SMILES string of the molecule is CCCNCC(CC)N1CCCOCC1. The molecule has 0 amide bonds. The summed E-state index contributed by atoms with van der Waals surface area (Å²) in [5.41, 5.74) is 0. The van der Waals surface area contributed by atoms with Gasteiger partial charge in [-0.2, -0.15) is 0 Å². The van der Waals surface area contributed by atoms with Gasteiger partial charge in [0.15, 0.2) is 0 Å². The zero-order valence-electron chi connectivity index (χ0n) is 10.3. The summed E-state index contributed by atoms with van der Waals surface area (Å²) in [4.78, 5) is 2.58. The molecule has 0 radical (unpaired) electrons. The predicted octanol–water partition coefficient (Wildman–Crippen LogP) is 1.49. The highest BCUT2D eigenvalue weighted by Crippen LogP contribution is 2.07. The Kier molecular flexibility index (Phi) is 6.98. The van der Waals surface area contributed by atoms with Crippen molar-refractivity contribution >= 4 is 0 Å². The third kappa shape index (κ3) is 4.96. The van der Waals surface area contributed by atoms with Crippen LogP contribution in [0.1, 0.15) is 33.1 Å². The Bertz CT molecular complexity index is 145. The van der Waals surface area contributed by atoms with Gasteiger partial charge in [-0.25, -0.2) is 0 Å². The highest BCUT2D eigenvalue weighted by atomic mass is 16.5. The molecule has 0 bridgehead atoms. The minimum absolute atomic E-state index is 0.693. The van der Waals surface area contributed by atoms with Crippen LogP contribution in [-0.4, -0.2) is 50.3 Å². The maximum atomic E-state index is 5.48. The molecule has 0 aromatic carbocycles. The van der Waals surface area contributed by atoms with Gasteiger partial charge in [0.1, 0.15) is 0 Å². The van der Waals surface area contributed by atoms with E-state index in [0.29, 0.717) is 6.04 Å². The maximum absolute atomic E-state index is 5.48. The van der Waals surface area contributed by atoms with E-state index in [0.717, 1.165) is 32.8 Å². The van der Waals surface area contributed by atoms with Gasteiger partial charge in [0, 0.05) is 32.3 Å². The average Bonchev–Trinajstić information content (AvgIpc) is 2.53. The first-order valence-electron chi connectivity index (χ1n) is 6.41. The molecule has 90 valence electrons. The molecule has 1 aliphatic heterocycles. The van der Waals surface area contributed by atoms with Crippen LogP contribution in [0.3, 0.4) is 0 Å². The van der Waals surface area contributed by atoms with Gasteiger partial charge in [0.05, 0.1) is 6.61 Å². The molecule has 0 aliphatic carbocycles. The first kappa shape index (κ1) is 12.9. The zero-order valence-corrected chi connectivity index (χ0v) is 10.3. The first-order valence-corrected chi connectivity index (χ1v) is 6.41. The zero-order chi connectivity index (χ0) is 10.9. The third-order valence-corrected chi connectivity index (χ3v) is 3.05. The molecule has 1 fully saturated rings. The molecule has 1 atom stereocenters. The van der Waals surface area contributed by atoms with E-state index in [2.05, 4.69) is 24.1 Å². The van der Waals surface area contributed by atoms with Crippen LogP contribution in [0.15, 0.2) is 0 Å². The summed E-state index contributed by atoms with van der Waals surface area (Å²) in [7, 11) is 0. The summed E-state index contributed by atoms with van der Waals surface area (Å²) in [6.45, 7) is 10.9. The van der Waals surface area contributed by atoms with E-state index in [4.69, 9.17) is 4.74 Å². The van der Waals surface area contributed by atoms with Crippen molar-refractivity contribution in [2.24, 2.45) is 0 Å². The van der Waals surface area contributed by atoms with Crippen LogP contribution < -0.4 is 5.32 Å². The largest absolute Gasteiger partial charge is 0.380 e. The molecule has 1 unspecified atom stereocenters. The fourth-order valence-corrected chi connectivity index (χ4v) is 2.11. The van der Waals surface area contributed by atoms with E-state index in [1.807, 2.05) is 0 Å². The Balaban J connectivity index is 2.27. The van der Waals surface area contributed by atoms with Crippen molar-refractivity contribution in [3.8, 4) is 0 Å². The van der Waals surface area contributed by atoms with Crippen LogP contribution >= 0.6 is 0 Å². The molecule has 0 aromatic heterocycles. The molecule has 1 rings (SSSR count). The van der Waals surface area contributed by atoms with Crippen molar-refractivity contribution < 1.29 is 4.74 Å². The van der Waals surface area contributed by atoms with E-state index >= 15 is 0 Å². The van der Waals surface area contributed by atoms with Crippen LogP contribution in [0.25, 0.3) is 0 Å². The summed E-state index contributed by atoms with van der Waals surface area (Å²) in [6.07, 6.45) is 3.64. The Labute approximate surface area is 94.2 Å². The van der Waals surface area contributed by atoms with E-state index in [1.54, 1.807) is 0 Å². The van der Waals surface area contributed by atoms with Crippen LogP contribution in [-0.2, 0) is 4.74 Å². The number of nitrogens with zero attached hydrogens (tertiary/aromatic N) is 1. The lowest BCUT2D eigenvalue weighted by molar-refractivity contribution is 0.130. The van der Waals surface area contributed by atoms with Gasteiger partial charge in [-0.1, -0.05) is 13.8 Å². The number of hydrogen-bond donors (Lipinski definition) is 1. The van der Waals surface area contributed by atoms with Crippen molar-refractivity contribution in [3.05, 3.63) is 0 Å². The molecule has 0 spiro atoms. The molecule has 3 nitrogen and oxygen atoms in total. The fraction of sp³-hybridized carbons (Fsp3) is 1.00. The molecule has 3 heteroatoms. The number of rotatable bonds is 6. The summed E-state index contributed by atoms with van der Waals surface area (Å²) < 4.78 is 5.48. The summed E-state index contributed by atoms with van der Waals surface area (Å²) in [6, 6.07) is 0.693. The summed E-state index contributed by atoms with van der Waals surface area (Å²) in [5, 5.41) is 3.52. The van der Waals surface area contributed by atoms with Gasteiger partial charge in [-0.3, -0.25) is 4.90 Å². The van der Waals surface area contributed by atoms with E-state index in [-0.39, 0.29) is 0 Å². The van der Waals surface area contributed by atoms with E-state index in [9.17, 15) is 0 Å². The quantitative estimate of drug-likeness (QED) is 0.678. The highest BCUT2D eigenvalue weighted by molar-refractivity contribution is 4.74. The lowest BCUT2D eigenvalue weighted by atomic mass is 10.1. The molecule has 1 saturated heterocycles. The second kappa shape index (κ2) is 8.08. The fourth-order valence-electron chi connectivity index (χ4n) is 2.11. The number of ether oxygens (including phenoxy) is 1. The lowest BCUT2D eigenvalue weighted by Gasteiger charge is -2.29. The average molecular weight is 214 g/mol. The monoisotopic (exact) mass is 214 g/mol. The van der Waals surface area contributed by atoms with Crippen molar-refractivity contribution in [2.45, 2.75) is 39.2 Å². The second-order valence-electron chi connectivity index (χ2n) is 4.27. The third-order valence-electron chi connectivity index (χ3n) is 3.05. The molecule has 1 aliphatic rings. The predicted molar refractivity (Wildman–Crippen MR) is 64.2 cm³/mol. The van der Waals surface area contributed by atoms with Crippen LogP contribution in [0.4, 0.5) is 0 Å². The lowest BCUT2D eigenvalue weighted by Crippen LogP contribution is -2.43. The molecular formula is C12H26N2O. The standard InChI is InChI=1S/C12H26N2O/c1-3-6-13-11-12(4-2)14-7-5-9-15-10-8-14/h12-13H,3-11H2,1-2H3. The molecular weight excluding hydrogens is 188 g/mol. The summed E-state index contributed by atoms with van der Waals surface area (Å²) in [5.74, 6) is 0. The van der Waals surface area contributed by atoms with Gasteiger partial charge in [0.25, 0.3) is 0 Å². The molecule has 1 heterocycles. The van der Waals surface area contributed by atoms with E-state index in [1.165, 1.54) is 25.8 Å². The molecule has 0 aromatic rings. The molecule has 1 N–H and O–H groups in total. The number of nitrogens with one attached hydrogen (secondary N) is 1. The molecule has 15 heavy (non-hydrogen) atoms. The minimum atomic E-state index is 0.693. The van der Waals surface area contributed by atoms with Gasteiger partial charge in [-0.05, 0) is 25.8 Å². The van der Waals surface area contributed by atoms with Crippen molar-refractivity contribution in [1.29, 1.82) is 0 Å². The highest BCUT2D eigenvalue weighted by Gasteiger charge is 2.17. The summed E-state index contributed by atoms with van der Waals surface area (Å²) >= 11 is 0. The van der Waals surface area contributed by atoms with Gasteiger partial charge >= 0.3 is 0 Å². The normalized spacial score (nSPS) is 21.2. The Morgan fingerprint density at radius 1 is 1.27 bits per heavy atom. The van der Waals surface area contributed by atoms with Gasteiger partial charge in [-0.15, -0.1) is 0 Å². The van der Waals surface area contributed by atoms with Gasteiger partial charge < -0.3 is 10.1 Å². The topological polar surface area (TPSA) is 24.5 Å². The van der Waals surface area contributed by atoms with Crippen LogP contribution in [0.5, 0.6) is 0 Å². The van der Waals surface area contributed by atoms with Crippen LogP contribution in [0.2, 0.25) is 0 Å². The van der Waals surface area contributed by atoms with Crippen LogP contribution in [0, 0.1) is 0 Å². The second-order valence-corrected chi connectivity index (χ2v) is 4.27. The maximum Gasteiger partial charge on any atom is 0.0593 e. The minimum Gasteiger partial charge on any atom is -0.380 e. The van der Waals surface area contributed by atoms with Crippen molar-refractivity contribution in [3.63, 3.8) is 0 Å². The van der Waals surface area contributed by atoms with Crippen molar-refractivity contribution in [2.75, 3.05) is 39.4 Å². The Morgan fingerprint density at radius 2 is 2.13 bits per heavy atom. The molecule has 0 saturated carbocycles. The first-order chi connectivity index (χ1) is 7.38.